The molecule has 0 aliphatic carbocycles. The second kappa shape index (κ2) is 9.52. The van der Waals surface area contributed by atoms with E-state index in [-0.39, 0.29) is 11.3 Å². The Morgan fingerprint density at radius 1 is 0.833 bits per heavy atom. The van der Waals surface area contributed by atoms with Gasteiger partial charge in [-0.1, -0.05) is 66.7 Å². The summed E-state index contributed by atoms with van der Waals surface area (Å²) in [5, 5.41) is 12.6. The van der Waals surface area contributed by atoms with Crippen molar-refractivity contribution in [1.82, 2.24) is 5.32 Å². The Morgan fingerprint density at radius 2 is 1.40 bits per heavy atom. The number of rotatable bonds is 7. The largest absolute Gasteiger partial charge is 0.480 e. The van der Waals surface area contributed by atoms with E-state index in [0.717, 1.165) is 11.1 Å². The molecule has 3 aromatic carbocycles. The summed E-state index contributed by atoms with van der Waals surface area (Å²) in [4.78, 5) is 36.2. The van der Waals surface area contributed by atoms with E-state index >= 15 is 0 Å². The second-order valence-corrected chi connectivity index (χ2v) is 6.71. The fraction of sp³-hybridized carbons (Fsp3) is 0.125. The Morgan fingerprint density at radius 3 is 1.90 bits per heavy atom. The summed E-state index contributed by atoms with van der Waals surface area (Å²) < 4.78 is 5.01. The van der Waals surface area contributed by atoms with Gasteiger partial charge in [0.2, 0.25) is 0 Å². The van der Waals surface area contributed by atoms with Gasteiger partial charge in [-0.15, -0.1) is 0 Å². The maximum Gasteiger partial charge on any atom is 0.327 e. The summed E-state index contributed by atoms with van der Waals surface area (Å²) in [6.45, 7) is 1.26. The van der Waals surface area contributed by atoms with Crippen molar-refractivity contribution < 1.29 is 24.2 Å². The predicted molar refractivity (Wildman–Crippen MR) is 111 cm³/mol. The lowest BCUT2D eigenvalue weighted by molar-refractivity contribution is -0.139. The molecule has 0 saturated heterocycles. The fourth-order valence-electron chi connectivity index (χ4n) is 3.28. The molecule has 0 fully saturated rings. The predicted octanol–water partition coefficient (Wildman–Crippen LogP) is 3.63. The lowest BCUT2D eigenvalue weighted by atomic mass is 9.85. The highest BCUT2D eigenvalue weighted by atomic mass is 16.5. The van der Waals surface area contributed by atoms with Gasteiger partial charge in [0.25, 0.3) is 5.91 Å². The van der Waals surface area contributed by atoms with Crippen molar-refractivity contribution in [3.05, 3.63) is 102 Å². The van der Waals surface area contributed by atoms with Gasteiger partial charge >= 0.3 is 11.9 Å². The summed E-state index contributed by atoms with van der Waals surface area (Å²) in [6, 6.07) is 23.2. The van der Waals surface area contributed by atoms with Crippen LogP contribution in [0.2, 0.25) is 0 Å². The number of hydrogen-bond acceptors (Lipinski definition) is 4. The number of carboxylic acid groups (broad SMARTS) is 1. The van der Waals surface area contributed by atoms with Gasteiger partial charge in [-0.25, -0.2) is 4.79 Å². The molecule has 0 heterocycles. The number of carbonyl (C=O) groups is 3. The van der Waals surface area contributed by atoms with E-state index in [2.05, 4.69) is 5.32 Å². The van der Waals surface area contributed by atoms with Gasteiger partial charge in [0.15, 0.2) is 0 Å². The summed E-state index contributed by atoms with van der Waals surface area (Å²) in [5.74, 6) is -2.62. The number of amides is 1. The first-order valence-electron chi connectivity index (χ1n) is 9.37. The molecule has 30 heavy (non-hydrogen) atoms. The third kappa shape index (κ3) is 5.11. The molecule has 152 valence electrons. The van der Waals surface area contributed by atoms with Crippen molar-refractivity contribution in [2.45, 2.75) is 18.9 Å². The molecule has 0 aliphatic rings. The molecule has 0 radical (unpaired) electrons. The summed E-state index contributed by atoms with van der Waals surface area (Å²) in [5.41, 5.74) is 1.73. The van der Waals surface area contributed by atoms with Gasteiger partial charge in [0.1, 0.15) is 11.8 Å². The van der Waals surface area contributed by atoms with Gasteiger partial charge in [0.05, 0.1) is 0 Å². The first kappa shape index (κ1) is 20.8. The van der Waals surface area contributed by atoms with Crippen molar-refractivity contribution >= 4 is 17.8 Å². The molecule has 0 saturated carbocycles. The molecular weight excluding hydrogens is 382 g/mol. The van der Waals surface area contributed by atoms with Crippen molar-refractivity contribution in [2.24, 2.45) is 0 Å². The van der Waals surface area contributed by atoms with Crippen molar-refractivity contribution in [2.75, 3.05) is 0 Å². The standard InChI is InChI=1S/C24H21NO5/c1-16(26)30-20-14-8-13-19(15-20)23(27)25-22(24(28)29)21(17-9-4-2-5-10-17)18-11-6-3-7-12-18/h2-15,21-22H,1H3,(H,25,27)(H,28,29)/t22-/m0/s1. The van der Waals surface area contributed by atoms with E-state index < -0.39 is 29.8 Å². The lowest BCUT2D eigenvalue weighted by Gasteiger charge is -2.26. The number of carbonyl (C=O) groups excluding carboxylic acids is 2. The molecule has 0 aromatic heterocycles. The Bertz CT molecular complexity index is 994. The first-order valence-corrected chi connectivity index (χ1v) is 9.37. The molecule has 0 aliphatic heterocycles. The van der Waals surface area contributed by atoms with Crippen molar-refractivity contribution in [3.63, 3.8) is 0 Å². The average Bonchev–Trinajstić information content (AvgIpc) is 2.74. The van der Waals surface area contributed by atoms with E-state index in [1.165, 1.54) is 19.1 Å². The third-order valence-corrected chi connectivity index (χ3v) is 4.56. The van der Waals surface area contributed by atoms with Gasteiger partial charge in [0, 0.05) is 18.4 Å². The van der Waals surface area contributed by atoms with E-state index in [1.54, 1.807) is 12.1 Å². The van der Waals surface area contributed by atoms with Gasteiger partial charge in [-0.2, -0.15) is 0 Å². The number of carboxylic acids is 1. The SMILES string of the molecule is CC(=O)Oc1cccc(C(=O)N[C@H](C(=O)O)C(c2ccccc2)c2ccccc2)c1. The highest BCUT2D eigenvalue weighted by Crippen LogP contribution is 2.28. The number of nitrogens with one attached hydrogen (secondary N) is 1. The topological polar surface area (TPSA) is 92.7 Å². The van der Waals surface area contributed by atoms with Crippen molar-refractivity contribution in [3.8, 4) is 5.75 Å². The van der Waals surface area contributed by atoms with Gasteiger partial charge < -0.3 is 15.2 Å². The molecule has 0 spiro atoms. The number of aliphatic carboxylic acids is 1. The highest BCUT2D eigenvalue weighted by Gasteiger charge is 2.32. The van der Waals surface area contributed by atoms with E-state index in [9.17, 15) is 19.5 Å². The summed E-state index contributed by atoms with van der Waals surface area (Å²) in [7, 11) is 0. The first-order chi connectivity index (χ1) is 14.5. The molecule has 1 atom stereocenters. The number of hydrogen-bond donors (Lipinski definition) is 2. The lowest BCUT2D eigenvalue weighted by Crippen LogP contribution is -2.45. The van der Waals surface area contributed by atoms with Crippen molar-refractivity contribution in [1.29, 1.82) is 0 Å². The van der Waals surface area contributed by atoms with E-state index in [4.69, 9.17) is 4.74 Å². The Balaban J connectivity index is 1.94. The third-order valence-electron chi connectivity index (χ3n) is 4.56. The molecule has 3 rings (SSSR count). The van der Waals surface area contributed by atoms with Crippen LogP contribution in [0.5, 0.6) is 5.75 Å². The average molecular weight is 403 g/mol. The number of esters is 1. The maximum absolute atomic E-state index is 12.8. The van der Waals surface area contributed by atoms with Crippen LogP contribution in [0, 0.1) is 0 Å². The summed E-state index contributed by atoms with van der Waals surface area (Å²) >= 11 is 0. The molecule has 6 heteroatoms. The molecule has 1 amide bonds. The minimum absolute atomic E-state index is 0.194. The fourth-order valence-corrected chi connectivity index (χ4v) is 3.28. The molecule has 0 bridgehead atoms. The molecule has 3 aromatic rings. The molecule has 6 nitrogen and oxygen atoms in total. The maximum atomic E-state index is 12.8. The Labute approximate surface area is 174 Å². The number of benzene rings is 3. The second-order valence-electron chi connectivity index (χ2n) is 6.71. The van der Waals surface area contributed by atoms with Crippen LogP contribution >= 0.6 is 0 Å². The monoisotopic (exact) mass is 403 g/mol. The zero-order valence-electron chi connectivity index (χ0n) is 16.3. The Hall–Kier alpha value is -3.93. The van der Waals surface area contributed by atoms with Crippen LogP contribution in [-0.2, 0) is 9.59 Å². The highest BCUT2D eigenvalue weighted by molar-refractivity contribution is 5.97. The quantitative estimate of drug-likeness (QED) is 0.464. The van der Waals surface area contributed by atoms with E-state index in [0.29, 0.717) is 0 Å². The van der Waals surface area contributed by atoms with Crippen LogP contribution in [0.15, 0.2) is 84.9 Å². The van der Waals surface area contributed by atoms with Crippen LogP contribution in [-0.4, -0.2) is 29.0 Å². The van der Waals surface area contributed by atoms with Crippen LogP contribution in [0.25, 0.3) is 0 Å². The molecule has 0 unspecified atom stereocenters. The molecular formula is C24H21NO5. The van der Waals surface area contributed by atoms with Crippen LogP contribution in [0.4, 0.5) is 0 Å². The minimum Gasteiger partial charge on any atom is -0.480 e. The van der Waals surface area contributed by atoms with Crippen LogP contribution in [0.3, 0.4) is 0 Å². The summed E-state index contributed by atoms with van der Waals surface area (Å²) in [6.07, 6.45) is 0. The van der Waals surface area contributed by atoms with Gasteiger partial charge in [-0.05, 0) is 29.3 Å². The van der Waals surface area contributed by atoms with Crippen LogP contribution in [0.1, 0.15) is 34.3 Å². The van der Waals surface area contributed by atoms with Gasteiger partial charge in [-0.3, -0.25) is 9.59 Å². The smallest absolute Gasteiger partial charge is 0.327 e. The zero-order chi connectivity index (χ0) is 21.5. The number of ether oxygens (including phenoxy) is 1. The van der Waals surface area contributed by atoms with Crippen LogP contribution < -0.4 is 10.1 Å². The molecule has 2 N–H and O–H groups in total. The minimum atomic E-state index is -1.21. The van der Waals surface area contributed by atoms with E-state index in [1.807, 2.05) is 60.7 Å². The zero-order valence-corrected chi connectivity index (χ0v) is 16.3. The Kier molecular flexibility index (Phi) is 6.60. The normalized spacial score (nSPS) is 11.5.